The van der Waals surface area contributed by atoms with Crippen LogP contribution in [0.1, 0.15) is 18.2 Å². The van der Waals surface area contributed by atoms with E-state index in [2.05, 4.69) is 28.2 Å². The topological polar surface area (TPSA) is 29.1 Å². The van der Waals surface area contributed by atoms with Crippen LogP contribution >= 0.6 is 27.3 Å². The molecule has 82 valence electrons. The maximum atomic E-state index is 12.0. The van der Waals surface area contributed by atoms with Crippen LogP contribution in [0.25, 0.3) is 0 Å². The third-order valence-electron chi connectivity index (χ3n) is 2.92. The second-order valence-electron chi connectivity index (χ2n) is 3.99. The van der Waals surface area contributed by atoms with Gasteiger partial charge in [0.15, 0.2) is 0 Å². The van der Waals surface area contributed by atoms with Crippen molar-refractivity contribution >= 4 is 33.0 Å². The van der Waals surface area contributed by atoms with E-state index in [4.69, 9.17) is 0 Å². The zero-order chi connectivity index (χ0) is 10.8. The Hall–Kier alpha value is -0.190. The predicted octanol–water partition coefficient (Wildman–Crippen LogP) is 2.62. The third kappa shape index (κ3) is 2.68. The minimum Gasteiger partial charge on any atom is -0.314 e. The van der Waals surface area contributed by atoms with Gasteiger partial charge in [0.25, 0.3) is 0 Å². The molecule has 1 aliphatic rings. The van der Waals surface area contributed by atoms with Crippen molar-refractivity contribution in [1.29, 1.82) is 0 Å². The lowest BCUT2D eigenvalue weighted by atomic mass is 9.94. The Balaban J connectivity index is 1.97. The molecule has 4 heteroatoms. The molecule has 1 aromatic heterocycles. The number of hydrogen-bond donors (Lipinski definition) is 1. The number of Topliss-reactive ketones (excluding diaryl/α,β-unsaturated/α-hetero) is 1. The summed E-state index contributed by atoms with van der Waals surface area (Å²) in [4.78, 5) is 13.1. The molecule has 1 N–H and O–H groups in total. The monoisotopic (exact) mass is 287 g/mol. The first kappa shape index (κ1) is 11.3. The summed E-state index contributed by atoms with van der Waals surface area (Å²) in [7, 11) is 0. The number of halogens is 1. The lowest BCUT2D eigenvalue weighted by molar-refractivity contribution is -0.122. The molecule has 0 bridgehead atoms. The van der Waals surface area contributed by atoms with E-state index in [1.165, 1.54) is 0 Å². The first-order valence-electron chi connectivity index (χ1n) is 5.17. The molecule has 0 spiro atoms. The van der Waals surface area contributed by atoms with Crippen LogP contribution in [-0.2, 0) is 11.2 Å². The Labute approximate surface area is 102 Å². The molecule has 2 unspecified atom stereocenters. The SMILES string of the molecule is CC1NCCC1C(=O)Cc1ccc(Br)s1. The molecule has 1 saturated heterocycles. The second kappa shape index (κ2) is 4.76. The number of thiophene rings is 1. The fourth-order valence-corrected chi connectivity index (χ4v) is 3.54. The molecular formula is C11H14BrNOS. The summed E-state index contributed by atoms with van der Waals surface area (Å²) in [5, 5.41) is 3.31. The quantitative estimate of drug-likeness (QED) is 0.926. The van der Waals surface area contributed by atoms with Crippen LogP contribution in [0.15, 0.2) is 15.9 Å². The molecule has 0 amide bonds. The predicted molar refractivity (Wildman–Crippen MR) is 66.3 cm³/mol. The van der Waals surface area contributed by atoms with Crippen molar-refractivity contribution in [2.75, 3.05) is 6.54 Å². The standard InChI is InChI=1S/C11H14BrNOS/c1-7-9(4-5-13-7)10(14)6-8-2-3-11(12)15-8/h2-3,7,9,13H,4-6H2,1H3. The van der Waals surface area contributed by atoms with Gasteiger partial charge in [0.2, 0.25) is 0 Å². The Kier molecular flexibility index (Phi) is 3.59. The lowest BCUT2D eigenvalue weighted by Crippen LogP contribution is -2.28. The van der Waals surface area contributed by atoms with Crippen molar-refractivity contribution in [2.45, 2.75) is 25.8 Å². The first-order valence-corrected chi connectivity index (χ1v) is 6.78. The summed E-state index contributed by atoms with van der Waals surface area (Å²) in [5.41, 5.74) is 0. The molecule has 15 heavy (non-hydrogen) atoms. The van der Waals surface area contributed by atoms with Crippen LogP contribution in [-0.4, -0.2) is 18.4 Å². The van der Waals surface area contributed by atoms with Gasteiger partial charge >= 0.3 is 0 Å². The van der Waals surface area contributed by atoms with Gasteiger partial charge in [-0.05, 0) is 48.0 Å². The summed E-state index contributed by atoms with van der Waals surface area (Å²) < 4.78 is 1.10. The van der Waals surface area contributed by atoms with E-state index in [1.807, 2.05) is 12.1 Å². The molecule has 0 aromatic carbocycles. The molecule has 0 radical (unpaired) electrons. The van der Waals surface area contributed by atoms with Gasteiger partial charge in [0, 0.05) is 23.3 Å². The molecule has 2 atom stereocenters. The highest BCUT2D eigenvalue weighted by Crippen LogP contribution is 2.25. The van der Waals surface area contributed by atoms with E-state index in [9.17, 15) is 4.79 Å². The van der Waals surface area contributed by atoms with E-state index < -0.39 is 0 Å². The maximum absolute atomic E-state index is 12.0. The highest BCUT2D eigenvalue weighted by atomic mass is 79.9. The molecule has 2 rings (SSSR count). The van der Waals surface area contributed by atoms with Gasteiger partial charge < -0.3 is 5.32 Å². The van der Waals surface area contributed by atoms with Gasteiger partial charge in [-0.3, -0.25) is 4.79 Å². The van der Waals surface area contributed by atoms with Crippen LogP contribution in [0.2, 0.25) is 0 Å². The highest BCUT2D eigenvalue weighted by molar-refractivity contribution is 9.11. The molecule has 1 aromatic rings. The van der Waals surface area contributed by atoms with Gasteiger partial charge in [-0.25, -0.2) is 0 Å². The summed E-state index contributed by atoms with van der Waals surface area (Å²) in [6, 6.07) is 4.38. The van der Waals surface area contributed by atoms with E-state index in [-0.39, 0.29) is 5.92 Å². The van der Waals surface area contributed by atoms with Crippen molar-refractivity contribution < 1.29 is 4.79 Å². The van der Waals surface area contributed by atoms with Crippen LogP contribution in [0.5, 0.6) is 0 Å². The molecule has 2 nitrogen and oxygen atoms in total. The largest absolute Gasteiger partial charge is 0.314 e. The van der Waals surface area contributed by atoms with Crippen molar-refractivity contribution in [3.05, 3.63) is 20.8 Å². The third-order valence-corrected chi connectivity index (χ3v) is 4.54. The van der Waals surface area contributed by atoms with Gasteiger partial charge in [0.1, 0.15) is 5.78 Å². The van der Waals surface area contributed by atoms with Crippen molar-refractivity contribution in [1.82, 2.24) is 5.32 Å². The van der Waals surface area contributed by atoms with Crippen molar-refractivity contribution in [2.24, 2.45) is 5.92 Å². The maximum Gasteiger partial charge on any atom is 0.142 e. The van der Waals surface area contributed by atoms with Crippen molar-refractivity contribution in [3.63, 3.8) is 0 Å². The fourth-order valence-electron chi connectivity index (χ4n) is 2.05. The van der Waals surface area contributed by atoms with E-state index in [0.29, 0.717) is 18.2 Å². The van der Waals surface area contributed by atoms with Crippen LogP contribution < -0.4 is 5.32 Å². The Bertz CT molecular complexity index is 363. The summed E-state index contributed by atoms with van der Waals surface area (Å²) in [6.45, 7) is 3.08. The van der Waals surface area contributed by atoms with Crippen LogP contribution in [0.3, 0.4) is 0 Å². The number of rotatable bonds is 3. The van der Waals surface area contributed by atoms with Gasteiger partial charge in [0.05, 0.1) is 3.79 Å². The van der Waals surface area contributed by atoms with Crippen LogP contribution in [0, 0.1) is 5.92 Å². The zero-order valence-corrected chi connectivity index (χ0v) is 11.0. The Morgan fingerprint density at radius 1 is 1.67 bits per heavy atom. The van der Waals surface area contributed by atoms with Gasteiger partial charge in [-0.1, -0.05) is 0 Å². The highest BCUT2D eigenvalue weighted by Gasteiger charge is 2.29. The molecular weight excluding hydrogens is 274 g/mol. The molecule has 1 fully saturated rings. The zero-order valence-electron chi connectivity index (χ0n) is 8.63. The second-order valence-corrected chi connectivity index (χ2v) is 6.53. The average molecular weight is 288 g/mol. The minimum atomic E-state index is 0.214. The van der Waals surface area contributed by atoms with Gasteiger partial charge in [-0.2, -0.15) is 0 Å². The summed E-state index contributed by atoms with van der Waals surface area (Å²) in [6.07, 6.45) is 1.58. The number of carbonyl (C=O) groups excluding carboxylic acids is 1. The Morgan fingerprint density at radius 2 is 2.47 bits per heavy atom. The number of nitrogens with one attached hydrogen (secondary N) is 1. The molecule has 1 aliphatic heterocycles. The van der Waals surface area contributed by atoms with Gasteiger partial charge in [-0.15, -0.1) is 11.3 Å². The summed E-state index contributed by atoms with van der Waals surface area (Å²) >= 11 is 5.06. The lowest BCUT2D eigenvalue weighted by Gasteiger charge is -2.12. The average Bonchev–Trinajstić information content (AvgIpc) is 2.75. The number of hydrogen-bond acceptors (Lipinski definition) is 3. The fraction of sp³-hybridized carbons (Fsp3) is 0.545. The first-order chi connectivity index (χ1) is 7.16. The van der Waals surface area contributed by atoms with E-state index in [1.54, 1.807) is 11.3 Å². The smallest absolute Gasteiger partial charge is 0.142 e. The van der Waals surface area contributed by atoms with Crippen LogP contribution in [0.4, 0.5) is 0 Å². The van der Waals surface area contributed by atoms with E-state index in [0.717, 1.165) is 21.6 Å². The summed E-state index contributed by atoms with van der Waals surface area (Å²) in [5.74, 6) is 0.590. The number of ketones is 1. The van der Waals surface area contributed by atoms with Crippen molar-refractivity contribution in [3.8, 4) is 0 Å². The molecule has 2 heterocycles. The minimum absolute atomic E-state index is 0.214. The number of carbonyl (C=O) groups is 1. The molecule has 0 saturated carbocycles. The molecule has 0 aliphatic carbocycles. The Morgan fingerprint density at radius 3 is 3.00 bits per heavy atom. The normalized spacial score (nSPS) is 25.7. The van der Waals surface area contributed by atoms with E-state index >= 15 is 0 Å².